The molecular formula is C22H23N9. The zero-order valence-electron chi connectivity index (χ0n) is 17.4. The lowest BCUT2D eigenvalue weighted by atomic mass is 9.86. The van der Waals surface area contributed by atoms with E-state index in [-0.39, 0.29) is 5.54 Å². The van der Waals surface area contributed by atoms with Crippen LogP contribution in [0.2, 0.25) is 0 Å². The van der Waals surface area contributed by atoms with Crippen LogP contribution in [0.5, 0.6) is 0 Å². The number of rotatable bonds is 6. The van der Waals surface area contributed by atoms with Crippen LogP contribution >= 0.6 is 0 Å². The molecule has 4 aromatic rings. The lowest BCUT2D eigenvalue weighted by Gasteiger charge is -2.49. The summed E-state index contributed by atoms with van der Waals surface area (Å²) in [6.07, 6.45) is 14.5. The van der Waals surface area contributed by atoms with Crippen molar-refractivity contribution in [2.45, 2.75) is 24.8 Å². The summed E-state index contributed by atoms with van der Waals surface area (Å²) in [6, 6.07) is 4.34. The molecule has 31 heavy (non-hydrogen) atoms. The first-order valence-corrected chi connectivity index (χ1v) is 10.6. The van der Waals surface area contributed by atoms with Gasteiger partial charge in [0.2, 0.25) is 0 Å². The average molecular weight is 413 g/mol. The topological polar surface area (TPSA) is 92.9 Å². The van der Waals surface area contributed by atoms with Gasteiger partial charge >= 0.3 is 0 Å². The number of nitriles is 1. The molecule has 2 fully saturated rings. The summed E-state index contributed by atoms with van der Waals surface area (Å²) < 4.78 is 5.59. The summed E-state index contributed by atoms with van der Waals surface area (Å²) in [6.45, 7) is 2.90. The summed E-state index contributed by atoms with van der Waals surface area (Å²) >= 11 is 0. The van der Waals surface area contributed by atoms with E-state index in [9.17, 15) is 5.26 Å². The Balaban J connectivity index is 1.36. The second-order valence-electron chi connectivity index (χ2n) is 8.88. The Morgan fingerprint density at radius 3 is 2.68 bits per heavy atom. The molecule has 0 amide bonds. The first-order valence-electron chi connectivity index (χ1n) is 10.6. The Bertz CT molecular complexity index is 1290. The van der Waals surface area contributed by atoms with Gasteiger partial charge in [-0.1, -0.05) is 0 Å². The van der Waals surface area contributed by atoms with E-state index in [1.165, 1.54) is 12.8 Å². The van der Waals surface area contributed by atoms with Crippen LogP contribution < -0.4 is 0 Å². The second kappa shape index (κ2) is 6.75. The Morgan fingerprint density at radius 1 is 1.10 bits per heavy atom. The third kappa shape index (κ3) is 3.11. The van der Waals surface area contributed by atoms with E-state index in [4.69, 9.17) is 4.98 Å². The van der Waals surface area contributed by atoms with E-state index in [0.717, 1.165) is 53.6 Å². The van der Waals surface area contributed by atoms with Gasteiger partial charge in [0.05, 0.1) is 54.2 Å². The highest BCUT2D eigenvalue weighted by Gasteiger charge is 2.46. The predicted molar refractivity (Wildman–Crippen MR) is 114 cm³/mol. The summed E-state index contributed by atoms with van der Waals surface area (Å²) in [7, 11) is 1.89. The summed E-state index contributed by atoms with van der Waals surface area (Å²) in [5.41, 5.74) is 4.16. The number of hydrogen-bond acceptors (Lipinski definition) is 6. The van der Waals surface area contributed by atoms with E-state index in [0.29, 0.717) is 6.42 Å². The first-order chi connectivity index (χ1) is 15.1. The molecule has 9 heteroatoms. The van der Waals surface area contributed by atoms with Crippen LogP contribution in [-0.2, 0) is 12.6 Å². The maximum Gasteiger partial charge on any atom is 0.101 e. The predicted octanol–water partition coefficient (Wildman–Crippen LogP) is 2.33. The molecule has 0 aromatic carbocycles. The fourth-order valence-electron chi connectivity index (χ4n) is 4.60. The number of nitrogens with zero attached hydrogens (tertiary/aromatic N) is 9. The normalized spacial score (nSPS) is 18.2. The third-order valence-corrected chi connectivity index (χ3v) is 6.39. The summed E-state index contributed by atoms with van der Waals surface area (Å²) in [5, 5.41) is 22.8. The first kappa shape index (κ1) is 18.3. The van der Waals surface area contributed by atoms with Crippen LogP contribution in [0.3, 0.4) is 0 Å². The largest absolute Gasteiger partial charge is 0.298 e. The van der Waals surface area contributed by atoms with Crippen molar-refractivity contribution in [1.82, 2.24) is 39.1 Å². The van der Waals surface area contributed by atoms with Crippen molar-refractivity contribution in [3.05, 3.63) is 43.2 Å². The van der Waals surface area contributed by atoms with E-state index in [1.54, 1.807) is 17.1 Å². The van der Waals surface area contributed by atoms with Crippen LogP contribution in [0.4, 0.5) is 0 Å². The van der Waals surface area contributed by atoms with Crippen molar-refractivity contribution in [2.24, 2.45) is 13.0 Å². The van der Waals surface area contributed by atoms with Gasteiger partial charge in [-0.3, -0.25) is 14.3 Å². The molecule has 1 aliphatic heterocycles. The maximum absolute atomic E-state index is 9.47. The van der Waals surface area contributed by atoms with Gasteiger partial charge in [0.25, 0.3) is 0 Å². The van der Waals surface area contributed by atoms with E-state index < -0.39 is 0 Å². The zero-order chi connectivity index (χ0) is 21.0. The molecule has 2 aliphatic rings. The summed E-state index contributed by atoms with van der Waals surface area (Å²) in [4.78, 5) is 7.38. The Labute approximate surface area is 179 Å². The van der Waals surface area contributed by atoms with E-state index in [2.05, 4.69) is 26.3 Å². The molecule has 0 N–H and O–H groups in total. The van der Waals surface area contributed by atoms with Crippen LogP contribution in [0, 0.1) is 17.2 Å². The molecule has 0 unspecified atom stereocenters. The van der Waals surface area contributed by atoms with Gasteiger partial charge in [-0.05, 0) is 24.8 Å². The van der Waals surface area contributed by atoms with E-state index >= 15 is 0 Å². The smallest absolute Gasteiger partial charge is 0.101 e. The number of fused-ring (bicyclic) bond motifs is 1. The number of aryl methyl sites for hydroxylation is 1. The van der Waals surface area contributed by atoms with Gasteiger partial charge in [0, 0.05) is 50.2 Å². The fraction of sp³-hybridized carbons (Fsp3) is 0.409. The minimum absolute atomic E-state index is 0.251. The second-order valence-corrected chi connectivity index (χ2v) is 8.88. The highest BCUT2D eigenvalue weighted by atomic mass is 15.4. The molecular weight excluding hydrogens is 390 g/mol. The molecule has 9 nitrogen and oxygen atoms in total. The Morgan fingerprint density at radius 2 is 1.94 bits per heavy atom. The maximum atomic E-state index is 9.47. The molecule has 0 radical (unpaired) electrons. The number of hydrogen-bond donors (Lipinski definition) is 0. The lowest BCUT2D eigenvalue weighted by molar-refractivity contribution is 0.00218. The molecule has 1 saturated heterocycles. The van der Waals surface area contributed by atoms with Crippen molar-refractivity contribution in [2.75, 3.05) is 19.6 Å². The molecule has 6 rings (SSSR count). The van der Waals surface area contributed by atoms with Crippen molar-refractivity contribution in [3.8, 4) is 28.6 Å². The van der Waals surface area contributed by atoms with Crippen molar-refractivity contribution in [3.63, 3.8) is 0 Å². The Hall–Kier alpha value is -3.51. The highest BCUT2D eigenvalue weighted by Crippen LogP contribution is 2.38. The third-order valence-electron chi connectivity index (χ3n) is 6.39. The minimum atomic E-state index is -0.251. The zero-order valence-corrected chi connectivity index (χ0v) is 17.4. The van der Waals surface area contributed by atoms with Crippen LogP contribution in [0.1, 0.15) is 19.3 Å². The fourth-order valence-corrected chi connectivity index (χ4v) is 4.60. The molecule has 156 valence electrons. The molecule has 5 heterocycles. The molecule has 0 spiro atoms. The van der Waals surface area contributed by atoms with Crippen LogP contribution in [0.15, 0.2) is 43.2 Å². The molecule has 1 saturated carbocycles. The van der Waals surface area contributed by atoms with Gasteiger partial charge in [0.1, 0.15) is 5.54 Å². The van der Waals surface area contributed by atoms with Crippen molar-refractivity contribution >= 4 is 5.52 Å². The van der Waals surface area contributed by atoms with Gasteiger partial charge in [0.15, 0.2) is 0 Å². The minimum Gasteiger partial charge on any atom is -0.298 e. The SMILES string of the molecule is Cn1cc(-c2cn3nccc3c(-c3cnn(C4(CC#N)CN(CC5CC5)C4)c3)n2)cn1. The lowest BCUT2D eigenvalue weighted by Crippen LogP contribution is -2.62. The monoisotopic (exact) mass is 413 g/mol. The van der Waals surface area contributed by atoms with Crippen molar-refractivity contribution in [1.29, 1.82) is 5.26 Å². The van der Waals surface area contributed by atoms with E-state index in [1.807, 2.05) is 47.1 Å². The quantitative estimate of drug-likeness (QED) is 0.482. The standard InChI is InChI=1S/C22H23N9/c1-28-11-17(8-25-28)19-13-30-20(4-7-24-30)21(27-19)18-9-26-31(12-18)22(5-6-23)14-29(15-22)10-16-2-3-16/h4,7-9,11-13,16H,2-3,5,10,14-15H2,1H3. The van der Waals surface area contributed by atoms with Gasteiger partial charge < -0.3 is 0 Å². The van der Waals surface area contributed by atoms with Gasteiger partial charge in [-0.2, -0.15) is 20.6 Å². The number of aromatic nitrogens is 7. The van der Waals surface area contributed by atoms with Gasteiger partial charge in [-0.15, -0.1) is 0 Å². The molecule has 4 aromatic heterocycles. The number of likely N-dealkylation sites (tertiary alicyclic amines) is 1. The highest BCUT2D eigenvalue weighted by molar-refractivity contribution is 5.78. The molecule has 0 bridgehead atoms. The molecule has 0 atom stereocenters. The Kier molecular flexibility index (Phi) is 3.98. The van der Waals surface area contributed by atoms with Crippen LogP contribution in [-0.4, -0.2) is 58.7 Å². The molecule has 1 aliphatic carbocycles. The summed E-state index contributed by atoms with van der Waals surface area (Å²) in [5.74, 6) is 0.850. The average Bonchev–Trinajstić information content (AvgIpc) is 3.14. The van der Waals surface area contributed by atoms with Gasteiger partial charge in [-0.25, -0.2) is 9.50 Å². The van der Waals surface area contributed by atoms with Crippen LogP contribution in [0.25, 0.3) is 28.0 Å². The van der Waals surface area contributed by atoms with Crippen molar-refractivity contribution < 1.29 is 0 Å².